The second-order valence-corrected chi connectivity index (χ2v) is 9.04. The number of aryl methyl sites for hydroxylation is 1. The van der Waals surface area contributed by atoms with Crippen LogP contribution in [0.15, 0.2) is 36.4 Å². The molecule has 0 atom stereocenters. The lowest BCUT2D eigenvalue weighted by molar-refractivity contribution is 0.0632. The van der Waals surface area contributed by atoms with E-state index < -0.39 is 0 Å². The molecule has 1 aliphatic rings. The number of nitrogens with zero attached hydrogens (tertiary/aromatic N) is 3. The van der Waals surface area contributed by atoms with Crippen molar-refractivity contribution in [1.82, 2.24) is 14.8 Å². The van der Waals surface area contributed by atoms with E-state index in [0.717, 1.165) is 34.9 Å². The summed E-state index contributed by atoms with van der Waals surface area (Å²) in [5, 5.41) is 0.766. The van der Waals surface area contributed by atoms with Crippen LogP contribution in [-0.4, -0.2) is 68.2 Å². The first kappa shape index (κ1) is 24.0. The van der Waals surface area contributed by atoms with Gasteiger partial charge in [0.2, 0.25) is 0 Å². The summed E-state index contributed by atoms with van der Waals surface area (Å²) in [5.41, 5.74) is 2.48. The second kappa shape index (κ2) is 10.4. The summed E-state index contributed by atoms with van der Waals surface area (Å²) in [6, 6.07) is 10.6. The zero-order chi connectivity index (χ0) is 24.2. The Labute approximate surface area is 202 Å². The van der Waals surface area contributed by atoms with E-state index in [1.54, 1.807) is 20.3 Å². The molecule has 1 fully saturated rings. The molecule has 4 rings (SSSR count). The number of methoxy groups -OCH3 is 3. The van der Waals surface area contributed by atoms with Crippen molar-refractivity contribution in [2.75, 3.05) is 47.5 Å². The molecule has 9 heteroatoms. The molecule has 2 aromatic carbocycles. The highest BCUT2D eigenvalue weighted by atomic mass is 32.1. The molecule has 34 heavy (non-hydrogen) atoms. The molecule has 2 heterocycles. The summed E-state index contributed by atoms with van der Waals surface area (Å²) in [5.74, 6) is 1.14. The van der Waals surface area contributed by atoms with Gasteiger partial charge in [0, 0.05) is 38.3 Å². The standard InChI is InChI=1S/C25H28FN3O4S/c1-16-23(34-24(27-16)18-6-8-21(32-3)22(14-18)33-4)25(30)29-11-9-28(10-12-29)15-17-5-7-20(31-2)19(26)13-17/h5-8,13-14H,9-12,15H2,1-4H3. The van der Waals surface area contributed by atoms with Crippen molar-refractivity contribution in [3.63, 3.8) is 0 Å². The number of halogens is 1. The number of hydrogen-bond donors (Lipinski definition) is 0. The molecule has 0 spiro atoms. The summed E-state index contributed by atoms with van der Waals surface area (Å²) in [6.45, 7) is 5.16. The topological polar surface area (TPSA) is 64.1 Å². The molecule has 3 aromatic rings. The molecule has 1 amide bonds. The number of carbonyl (C=O) groups is 1. The van der Waals surface area contributed by atoms with Gasteiger partial charge in [-0.3, -0.25) is 9.69 Å². The second-order valence-electron chi connectivity index (χ2n) is 8.04. The zero-order valence-electron chi connectivity index (χ0n) is 19.8. The molecule has 0 saturated carbocycles. The van der Waals surface area contributed by atoms with Crippen molar-refractivity contribution < 1.29 is 23.4 Å². The highest BCUT2D eigenvalue weighted by molar-refractivity contribution is 7.17. The van der Waals surface area contributed by atoms with E-state index in [4.69, 9.17) is 14.2 Å². The SMILES string of the molecule is COc1ccc(CN2CCN(C(=O)c3sc(-c4ccc(OC)c(OC)c4)nc3C)CC2)cc1F. The smallest absolute Gasteiger partial charge is 0.265 e. The number of rotatable bonds is 7. The number of carbonyl (C=O) groups excluding carboxylic acids is 1. The van der Waals surface area contributed by atoms with Crippen LogP contribution < -0.4 is 14.2 Å². The van der Waals surface area contributed by atoms with Gasteiger partial charge in [0.1, 0.15) is 9.88 Å². The lowest BCUT2D eigenvalue weighted by Gasteiger charge is -2.34. The molecular formula is C25H28FN3O4S. The van der Waals surface area contributed by atoms with Crippen LogP contribution in [-0.2, 0) is 6.54 Å². The van der Waals surface area contributed by atoms with Crippen molar-refractivity contribution in [2.24, 2.45) is 0 Å². The third-order valence-corrected chi connectivity index (χ3v) is 7.10. The van der Waals surface area contributed by atoms with E-state index in [0.29, 0.717) is 36.0 Å². The monoisotopic (exact) mass is 485 g/mol. The van der Waals surface area contributed by atoms with Gasteiger partial charge in [0.25, 0.3) is 5.91 Å². The van der Waals surface area contributed by atoms with Crippen LogP contribution in [0.3, 0.4) is 0 Å². The van der Waals surface area contributed by atoms with E-state index in [2.05, 4.69) is 9.88 Å². The van der Waals surface area contributed by atoms with Crippen LogP contribution in [0, 0.1) is 12.7 Å². The van der Waals surface area contributed by atoms with E-state index >= 15 is 0 Å². The molecule has 1 aromatic heterocycles. The van der Waals surface area contributed by atoms with E-state index in [1.807, 2.05) is 36.1 Å². The lowest BCUT2D eigenvalue weighted by Crippen LogP contribution is -2.48. The minimum absolute atomic E-state index is 0.00290. The van der Waals surface area contributed by atoms with Gasteiger partial charge in [-0.15, -0.1) is 11.3 Å². The number of ether oxygens (including phenoxy) is 3. The van der Waals surface area contributed by atoms with E-state index in [1.165, 1.54) is 24.5 Å². The highest BCUT2D eigenvalue weighted by Crippen LogP contribution is 2.35. The van der Waals surface area contributed by atoms with E-state index in [9.17, 15) is 9.18 Å². The molecule has 1 saturated heterocycles. The van der Waals surface area contributed by atoms with Gasteiger partial charge in [-0.2, -0.15) is 0 Å². The number of benzene rings is 2. The minimum Gasteiger partial charge on any atom is -0.494 e. The molecule has 0 unspecified atom stereocenters. The molecule has 0 aliphatic carbocycles. The number of amides is 1. The average molecular weight is 486 g/mol. The maximum Gasteiger partial charge on any atom is 0.265 e. The maximum atomic E-state index is 14.0. The van der Waals surface area contributed by atoms with Crippen LogP contribution in [0.4, 0.5) is 4.39 Å². The zero-order valence-corrected chi connectivity index (χ0v) is 20.6. The largest absolute Gasteiger partial charge is 0.494 e. The Kier molecular flexibility index (Phi) is 7.33. The van der Waals surface area contributed by atoms with Crippen molar-refractivity contribution in [3.05, 3.63) is 58.3 Å². The Morgan fingerprint density at radius 3 is 2.29 bits per heavy atom. The fraction of sp³-hybridized carbons (Fsp3) is 0.360. The Balaban J connectivity index is 1.41. The normalized spacial score (nSPS) is 14.2. The molecule has 0 bridgehead atoms. The highest BCUT2D eigenvalue weighted by Gasteiger charge is 2.26. The van der Waals surface area contributed by atoms with Crippen LogP contribution in [0.25, 0.3) is 10.6 Å². The molecule has 0 radical (unpaired) electrons. The number of thiazole rings is 1. The predicted octanol–water partition coefficient (Wildman–Crippen LogP) is 4.24. The van der Waals surface area contributed by atoms with Gasteiger partial charge in [0.15, 0.2) is 23.1 Å². The summed E-state index contributed by atoms with van der Waals surface area (Å²) in [4.78, 5) is 22.6. The fourth-order valence-corrected chi connectivity index (χ4v) is 5.04. The summed E-state index contributed by atoms with van der Waals surface area (Å²) >= 11 is 1.39. The van der Waals surface area contributed by atoms with Gasteiger partial charge in [-0.05, 0) is 42.8 Å². The van der Waals surface area contributed by atoms with Gasteiger partial charge in [-0.1, -0.05) is 6.07 Å². The first-order chi connectivity index (χ1) is 16.4. The summed E-state index contributed by atoms with van der Waals surface area (Å²) < 4.78 is 29.7. The average Bonchev–Trinajstić information content (AvgIpc) is 3.25. The molecular weight excluding hydrogens is 457 g/mol. The van der Waals surface area contributed by atoms with Gasteiger partial charge in [0.05, 0.1) is 27.0 Å². The third-order valence-electron chi connectivity index (χ3n) is 5.90. The van der Waals surface area contributed by atoms with Gasteiger partial charge >= 0.3 is 0 Å². The number of piperazine rings is 1. The Morgan fingerprint density at radius 1 is 0.971 bits per heavy atom. The number of hydrogen-bond acceptors (Lipinski definition) is 7. The molecule has 0 N–H and O–H groups in total. The minimum atomic E-state index is -0.361. The Bertz CT molecular complexity index is 1170. The third kappa shape index (κ3) is 5.00. The quantitative estimate of drug-likeness (QED) is 0.499. The number of aromatic nitrogens is 1. The summed E-state index contributed by atoms with van der Waals surface area (Å²) in [6.07, 6.45) is 0. The fourth-order valence-electron chi connectivity index (χ4n) is 4.01. The van der Waals surface area contributed by atoms with Crippen LogP contribution in [0.2, 0.25) is 0 Å². The van der Waals surface area contributed by atoms with Crippen LogP contribution >= 0.6 is 11.3 Å². The molecule has 180 valence electrons. The van der Waals surface area contributed by atoms with Crippen LogP contribution in [0.5, 0.6) is 17.2 Å². The summed E-state index contributed by atoms with van der Waals surface area (Å²) in [7, 11) is 4.64. The Morgan fingerprint density at radius 2 is 1.65 bits per heavy atom. The van der Waals surface area contributed by atoms with Gasteiger partial charge < -0.3 is 19.1 Å². The first-order valence-electron chi connectivity index (χ1n) is 11.0. The lowest BCUT2D eigenvalue weighted by atomic mass is 10.1. The predicted molar refractivity (Wildman–Crippen MR) is 130 cm³/mol. The van der Waals surface area contributed by atoms with Gasteiger partial charge in [-0.25, -0.2) is 9.37 Å². The maximum absolute atomic E-state index is 14.0. The molecule has 7 nitrogen and oxygen atoms in total. The molecule has 1 aliphatic heterocycles. The van der Waals surface area contributed by atoms with Crippen molar-refractivity contribution in [3.8, 4) is 27.8 Å². The van der Waals surface area contributed by atoms with Crippen molar-refractivity contribution in [1.29, 1.82) is 0 Å². The first-order valence-corrected chi connectivity index (χ1v) is 11.8. The van der Waals surface area contributed by atoms with E-state index in [-0.39, 0.29) is 17.5 Å². The Hall–Kier alpha value is -3.17. The van der Waals surface area contributed by atoms with Crippen molar-refractivity contribution in [2.45, 2.75) is 13.5 Å². The van der Waals surface area contributed by atoms with Crippen LogP contribution in [0.1, 0.15) is 20.9 Å². The van der Waals surface area contributed by atoms with Crippen molar-refractivity contribution >= 4 is 17.2 Å².